The summed E-state index contributed by atoms with van der Waals surface area (Å²) < 4.78 is 11.0. The Morgan fingerprint density at radius 1 is 1.10 bits per heavy atom. The third kappa shape index (κ3) is 3.18. The smallest absolute Gasteiger partial charge is 0.232 e. The zero-order valence-corrected chi connectivity index (χ0v) is 16.2. The van der Waals surface area contributed by atoms with Gasteiger partial charge in [-0.2, -0.15) is 20.0 Å². The summed E-state index contributed by atoms with van der Waals surface area (Å²) in [5, 5.41) is 13.2. The maximum atomic E-state index is 5.57. The molecule has 0 amide bonds. The molecule has 2 heterocycles. The van der Waals surface area contributed by atoms with E-state index >= 15 is 0 Å². The Kier molecular flexibility index (Phi) is 4.35. The summed E-state index contributed by atoms with van der Waals surface area (Å²) in [4.78, 5) is 6.33. The fraction of sp³-hybridized carbons (Fsp3) is 0.273. The molecular formula is C22H21N5O2. The van der Waals surface area contributed by atoms with Crippen LogP contribution in [0.25, 0.3) is 5.69 Å². The molecule has 0 atom stereocenters. The average Bonchev–Trinajstić information content (AvgIpc) is 3.39. The van der Waals surface area contributed by atoms with Crippen molar-refractivity contribution < 1.29 is 9.26 Å². The Morgan fingerprint density at radius 2 is 1.97 bits per heavy atom. The average molecular weight is 387 g/mol. The molecule has 146 valence electrons. The minimum atomic E-state index is -0.196. The van der Waals surface area contributed by atoms with E-state index in [0.717, 1.165) is 42.2 Å². The number of para-hydroxylation sites is 1. The lowest BCUT2D eigenvalue weighted by Gasteiger charge is -2.39. The molecule has 0 aliphatic heterocycles. The molecule has 1 aliphatic rings. The minimum absolute atomic E-state index is 0.196. The predicted molar refractivity (Wildman–Crippen MR) is 106 cm³/mol. The summed E-state index contributed by atoms with van der Waals surface area (Å²) in [7, 11) is 1.68. The largest absolute Gasteiger partial charge is 0.497 e. The lowest BCUT2D eigenvalue weighted by atomic mass is 9.64. The van der Waals surface area contributed by atoms with Gasteiger partial charge in [0.25, 0.3) is 0 Å². The minimum Gasteiger partial charge on any atom is -0.497 e. The first-order valence-electron chi connectivity index (χ1n) is 9.71. The second-order valence-corrected chi connectivity index (χ2v) is 7.32. The molecule has 0 spiro atoms. The summed E-state index contributed by atoms with van der Waals surface area (Å²) in [6.07, 6.45) is 5.34. The van der Waals surface area contributed by atoms with Crippen molar-refractivity contribution in [2.45, 2.75) is 31.1 Å². The second-order valence-electron chi connectivity index (χ2n) is 7.32. The van der Waals surface area contributed by atoms with Crippen molar-refractivity contribution >= 4 is 0 Å². The van der Waals surface area contributed by atoms with Crippen molar-refractivity contribution in [3.63, 3.8) is 0 Å². The fourth-order valence-electron chi connectivity index (χ4n) is 3.83. The Balaban J connectivity index is 1.38. The molecule has 7 nitrogen and oxygen atoms in total. The predicted octanol–water partition coefficient (Wildman–Crippen LogP) is 3.72. The maximum absolute atomic E-state index is 5.57. The monoisotopic (exact) mass is 387 g/mol. The quantitative estimate of drug-likeness (QED) is 0.502. The summed E-state index contributed by atoms with van der Waals surface area (Å²) >= 11 is 0. The van der Waals surface area contributed by atoms with Gasteiger partial charge in [-0.05, 0) is 42.7 Å². The van der Waals surface area contributed by atoms with Crippen LogP contribution in [0.5, 0.6) is 5.75 Å². The number of hydrogen-bond donors (Lipinski definition) is 0. The van der Waals surface area contributed by atoms with E-state index in [0.29, 0.717) is 12.3 Å². The fourth-order valence-corrected chi connectivity index (χ4v) is 3.83. The molecule has 1 aliphatic carbocycles. The van der Waals surface area contributed by atoms with Crippen molar-refractivity contribution in [3.8, 4) is 11.4 Å². The Labute approximate surface area is 168 Å². The molecule has 2 aromatic heterocycles. The van der Waals surface area contributed by atoms with E-state index in [1.54, 1.807) is 18.1 Å². The SMILES string of the molecule is COc1cccc(C2(c3noc(Cc4cnn(-c5ccccc5)n4)n3)CCC2)c1. The first-order chi connectivity index (χ1) is 14.3. The normalized spacial score (nSPS) is 15.1. The van der Waals surface area contributed by atoms with Gasteiger partial charge in [0.2, 0.25) is 5.89 Å². The highest BCUT2D eigenvalue weighted by Crippen LogP contribution is 2.48. The number of rotatable bonds is 6. The van der Waals surface area contributed by atoms with E-state index in [-0.39, 0.29) is 5.41 Å². The molecule has 1 fully saturated rings. The maximum Gasteiger partial charge on any atom is 0.232 e. The van der Waals surface area contributed by atoms with Gasteiger partial charge in [0.05, 0.1) is 36.5 Å². The molecule has 1 saturated carbocycles. The highest BCUT2D eigenvalue weighted by atomic mass is 16.5. The molecule has 4 aromatic rings. The van der Waals surface area contributed by atoms with Crippen LogP contribution in [0.15, 0.2) is 65.3 Å². The summed E-state index contributed by atoms with van der Waals surface area (Å²) in [6.45, 7) is 0. The molecule has 29 heavy (non-hydrogen) atoms. The highest BCUT2D eigenvalue weighted by molar-refractivity contribution is 5.40. The Bertz CT molecular complexity index is 1110. The van der Waals surface area contributed by atoms with Crippen LogP contribution in [0.4, 0.5) is 0 Å². The molecule has 0 N–H and O–H groups in total. The molecule has 0 radical (unpaired) electrons. The Hall–Kier alpha value is -3.48. The van der Waals surface area contributed by atoms with E-state index in [4.69, 9.17) is 14.2 Å². The van der Waals surface area contributed by atoms with Crippen molar-refractivity contribution in [2.75, 3.05) is 7.11 Å². The number of benzene rings is 2. The number of methoxy groups -OCH3 is 1. The second kappa shape index (κ2) is 7.16. The van der Waals surface area contributed by atoms with E-state index in [1.165, 1.54) is 5.56 Å². The first-order valence-corrected chi connectivity index (χ1v) is 9.71. The highest BCUT2D eigenvalue weighted by Gasteiger charge is 2.44. The van der Waals surface area contributed by atoms with Crippen LogP contribution in [0, 0.1) is 0 Å². The molecule has 2 aromatic carbocycles. The lowest BCUT2D eigenvalue weighted by Crippen LogP contribution is -2.36. The van der Waals surface area contributed by atoms with Gasteiger partial charge in [0, 0.05) is 0 Å². The van der Waals surface area contributed by atoms with Gasteiger partial charge in [-0.1, -0.05) is 41.9 Å². The molecule has 0 saturated heterocycles. The van der Waals surface area contributed by atoms with Crippen LogP contribution in [0.1, 0.15) is 42.2 Å². The van der Waals surface area contributed by atoms with E-state index in [9.17, 15) is 0 Å². The van der Waals surface area contributed by atoms with Crippen LogP contribution >= 0.6 is 0 Å². The van der Waals surface area contributed by atoms with Gasteiger partial charge in [-0.3, -0.25) is 0 Å². The van der Waals surface area contributed by atoms with Gasteiger partial charge < -0.3 is 9.26 Å². The lowest BCUT2D eigenvalue weighted by molar-refractivity contribution is 0.270. The van der Waals surface area contributed by atoms with Gasteiger partial charge >= 0.3 is 0 Å². The number of ether oxygens (including phenoxy) is 1. The van der Waals surface area contributed by atoms with Crippen LogP contribution < -0.4 is 4.74 Å². The number of hydrogen-bond acceptors (Lipinski definition) is 6. The topological polar surface area (TPSA) is 78.9 Å². The zero-order chi connectivity index (χ0) is 19.7. The van der Waals surface area contributed by atoms with Crippen LogP contribution in [-0.2, 0) is 11.8 Å². The van der Waals surface area contributed by atoms with Crippen molar-refractivity contribution in [1.82, 2.24) is 25.1 Å². The number of aromatic nitrogens is 5. The van der Waals surface area contributed by atoms with E-state index in [1.807, 2.05) is 42.5 Å². The summed E-state index contributed by atoms with van der Waals surface area (Å²) in [5.41, 5.74) is 2.67. The first kappa shape index (κ1) is 17.6. The van der Waals surface area contributed by atoms with Crippen molar-refractivity contribution in [1.29, 1.82) is 0 Å². The standard InChI is InChI=1S/C22H21N5O2/c1-28-19-10-5-7-16(13-19)22(11-6-12-22)21-24-20(29-26-21)14-17-15-23-27(25-17)18-8-3-2-4-9-18/h2-5,7-10,13,15H,6,11-12,14H2,1H3. The molecule has 0 bridgehead atoms. The third-order valence-corrected chi connectivity index (χ3v) is 5.58. The zero-order valence-electron chi connectivity index (χ0n) is 16.2. The van der Waals surface area contributed by atoms with Crippen molar-refractivity contribution in [3.05, 3.63) is 83.8 Å². The van der Waals surface area contributed by atoms with Crippen LogP contribution in [0.2, 0.25) is 0 Å². The Morgan fingerprint density at radius 3 is 2.72 bits per heavy atom. The van der Waals surface area contributed by atoms with Gasteiger partial charge in [0.1, 0.15) is 5.75 Å². The van der Waals surface area contributed by atoms with Crippen LogP contribution in [0.3, 0.4) is 0 Å². The van der Waals surface area contributed by atoms with Crippen molar-refractivity contribution in [2.24, 2.45) is 0 Å². The summed E-state index contributed by atoms with van der Waals surface area (Å²) in [6, 6.07) is 18.0. The third-order valence-electron chi connectivity index (χ3n) is 5.58. The number of nitrogens with zero attached hydrogens (tertiary/aromatic N) is 5. The molecule has 7 heteroatoms. The van der Waals surface area contributed by atoms with E-state index < -0.39 is 0 Å². The van der Waals surface area contributed by atoms with Crippen LogP contribution in [-0.4, -0.2) is 32.2 Å². The molecule has 5 rings (SSSR count). The van der Waals surface area contributed by atoms with E-state index in [2.05, 4.69) is 27.5 Å². The molecule has 0 unspecified atom stereocenters. The van der Waals surface area contributed by atoms with Gasteiger partial charge in [0.15, 0.2) is 5.82 Å². The van der Waals surface area contributed by atoms with Gasteiger partial charge in [-0.15, -0.1) is 0 Å². The summed E-state index contributed by atoms with van der Waals surface area (Å²) in [5.74, 6) is 2.13. The van der Waals surface area contributed by atoms with Gasteiger partial charge in [-0.25, -0.2) is 0 Å². The molecular weight excluding hydrogens is 366 g/mol.